The molecule has 0 bridgehead atoms. The molecule has 3 saturated carbocycles. The van der Waals surface area contributed by atoms with Crippen LogP contribution < -0.4 is 0 Å². The highest BCUT2D eigenvalue weighted by Crippen LogP contribution is 2.55. The maximum atomic E-state index is 2.73. The topological polar surface area (TPSA) is 0 Å². The van der Waals surface area contributed by atoms with E-state index in [0.717, 1.165) is 71.0 Å². The molecule has 0 nitrogen and oxygen atoms in total. The van der Waals surface area contributed by atoms with E-state index in [2.05, 4.69) is 52.0 Å². The van der Waals surface area contributed by atoms with Gasteiger partial charge in [0.15, 0.2) is 0 Å². The Morgan fingerprint density at radius 1 is 0.552 bits per heavy atom. The van der Waals surface area contributed by atoms with Crippen LogP contribution in [0.3, 0.4) is 0 Å². The van der Waals surface area contributed by atoms with E-state index in [1.54, 1.807) is 0 Å². The zero-order valence-electron chi connectivity index (χ0n) is 19.6. The second-order valence-electron chi connectivity index (χ2n) is 12.3. The number of fused-ring (bicyclic) bond motifs is 2. The molecular formula is C29H46. The predicted molar refractivity (Wildman–Crippen MR) is 124 cm³/mol. The van der Waals surface area contributed by atoms with E-state index in [9.17, 15) is 0 Å². The fourth-order valence-corrected chi connectivity index (χ4v) is 9.15. The van der Waals surface area contributed by atoms with Crippen molar-refractivity contribution < 1.29 is 0 Å². The van der Waals surface area contributed by atoms with Crippen LogP contribution in [0.1, 0.15) is 85.5 Å². The van der Waals surface area contributed by atoms with Crippen molar-refractivity contribution >= 4 is 0 Å². The van der Waals surface area contributed by atoms with Crippen molar-refractivity contribution in [3.63, 3.8) is 0 Å². The first-order chi connectivity index (χ1) is 14.0. The highest BCUT2D eigenvalue weighted by molar-refractivity contribution is 5.15. The first kappa shape index (κ1) is 20.4. The van der Waals surface area contributed by atoms with E-state index in [1.165, 1.54) is 57.8 Å². The molecule has 162 valence electrons. The first-order valence-electron chi connectivity index (χ1n) is 13.4. The zero-order chi connectivity index (χ0) is 20.1. The quantitative estimate of drug-likeness (QED) is 0.424. The number of rotatable bonds is 3. The van der Waals surface area contributed by atoms with E-state index in [4.69, 9.17) is 0 Å². The van der Waals surface area contributed by atoms with Gasteiger partial charge in [0.2, 0.25) is 0 Å². The molecule has 5 aliphatic carbocycles. The summed E-state index contributed by atoms with van der Waals surface area (Å²) in [5, 5.41) is 0. The Kier molecular flexibility index (Phi) is 5.76. The molecule has 5 rings (SSSR count). The molecule has 0 aromatic carbocycles. The minimum Gasteiger partial charge on any atom is -0.0848 e. The summed E-state index contributed by atoms with van der Waals surface area (Å²) in [4.78, 5) is 0. The molecule has 0 radical (unpaired) electrons. The van der Waals surface area contributed by atoms with Crippen molar-refractivity contribution in [3.05, 3.63) is 24.3 Å². The molecule has 29 heavy (non-hydrogen) atoms. The second-order valence-corrected chi connectivity index (χ2v) is 12.3. The normalized spacial score (nSPS) is 54.3. The Morgan fingerprint density at radius 3 is 1.86 bits per heavy atom. The van der Waals surface area contributed by atoms with E-state index in [-0.39, 0.29) is 0 Å². The summed E-state index contributed by atoms with van der Waals surface area (Å²) in [6.45, 7) is 10.2. The summed E-state index contributed by atoms with van der Waals surface area (Å²) in [6, 6.07) is 0. The van der Waals surface area contributed by atoms with Crippen molar-refractivity contribution in [2.24, 2.45) is 71.0 Å². The molecule has 5 aliphatic rings. The van der Waals surface area contributed by atoms with Crippen molar-refractivity contribution in [2.75, 3.05) is 0 Å². The van der Waals surface area contributed by atoms with Gasteiger partial charge < -0.3 is 0 Å². The van der Waals surface area contributed by atoms with Crippen LogP contribution in [0.4, 0.5) is 0 Å². The van der Waals surface area contributed by atoms with E-state index in [0.29, 0.717) is 0 Å². The summed E-state index contributed by atoms with van der Waals surface area (Å²) >= 11 is 0. The molecular weight excluding hydrogens is 348 g/mol. The fourth-order valence-electron chi connectivity index (χ4n) is 9.15. The molecule has 12 atom stereocenters. The molecule has 3 fully saturated rings. The molecule has 0 saturated heterocycles. The SMILES string of the molecule is CC1CCC(C)C2C(CC3CCCCC3C3C=CC4C(C)CCC(C)C43)C=CC12. The van der Waals surface area contributed by atoms with Crippen LogP contribution in [0.2, 0.25) is 0 Å². The van der Waals surface area contributed by atoms with Crippen LogP contribution in [0, 0.1) is 71.0 Å². The molecule has 0 amide bonds. The molecule has 0 heteroatoms. The number of hydrogen-bond donors (Lipinski definition) is 0. The Balaban J connectivity index is 1.32. The highest BCUT2D eigenvalue weighted by atomic mass is 14.5. The van der Waals surface area contributed by atoms with Gasteiger partial charge in [0.05, 0.1) is 0 Å². The van der Waals surface area contributed by atoms with Gasteiger partial charge in [-0.25, -0.2) is 0 Å². The average molecular weight is 395 g/mol. The summed E-state index contributed by atoms with van der Waals surface area (Å²) < 4.78 is 0. The van der Waals surface area contributed by atoms with Gasteiger partial charge in [-0.1, -0.05) is 84.1 Å². The third kappa shape index (κ3) is 3.59. The van der Waals surface area contributed by atoms with Gasteiger partial charge in [-0.15, -0.1) is 0 Å². The molecule has 0 N–H and O–H groups in total. The van der Waals surface area contributed by atoms with Crippen LogP contribution in [0.15, 0.2) is 24.3 Å². The molecule has 0 heterocycles. The van der Waals surface area contributed by atoms with Gasteiger partial charge in [-0.05, 0) is 96.7 Å². The van der Waals surface area contributed by atoms with Crippen LogP contribution in [-0.2, 0) is 0 Å². The lowest BCUT2D eigenvalue weighted by Crippen LogP contribution is -2.39. The Hall–Kier alpha value is -0.520. The summed E-state index contributed by atoms with van der Waals surface area (Å²) in [6.07, 6.45) is 24.1. The minimum absolute atomic E-state index is 0.882. The highest BCUT2D eigenvalue weighted by Gasteiger charge is 2.47. The van der Waals surface area contributed by atoms with E-state index >= 15 is 0 Å². The Morgan fingerprint density at radius 2 is 1.10 bits per heavy atom. The lowest BCUT2D eigenvalue weighted by molar-refractivity contribution is 0.0448. The molecule has 0 aliphatic heterocycles. The van der Waals surface area contributed by atoms with Gasteiger partial charge >= 0.3 is 0 Å². The molecule has 0 spiro atoms. The monoisotopic (exact) mass is 394 g/mol. The fraction of sp³-hybridized carbons (Fsp3) is 0.862. The summed E-state index contributed by atoms with van der Waals surface area (Å²) in [5.74, 6) is 11.2. The average Bonchev–Trinajstić information content (AvgIpc) is 3.35. The lowest BCUT2D eigenvalue weighted by atomic mass is 9.59. The van der Waals surface area contributed by atoms with Crippen LogP contribution in [0.25, 0.3) is 0 Å². The van der Waals surface area contributed by atoms with Crippen LogP contribution >= 0.6 is 0 Å². The van der Waals surface area contributed by atoms with Crippen molar-refractivity contribution in [2.45, 2.75) is 85.5 Å². The number of hydrogen-bond acceptors (Lipinski definition) is 0. The van der Waals surface area contributed by atoms with Gasteiger partial charge in [0.25, 0.3) is 0 Å². The van der Waals surface area contributed by atoms with Gasteiger partial charge in [0, 0.05) is 0 Å². The Bertz CT molecular complexity index is 628. The van der Waals surface area contributed by atoms with Crippen molar-refractivity contribution in [3.8, 4) is 0 Å². The van der Waals surface area contributed by atoms with Crippen LogP contribution in [0.5, 0.6) is 0 Å². The maximum Gasteiger partial charge on any atom is -0.0166 e. The number of allylic oxidation sites excluding steroid dienone is 4. The summed E-state index contributed by atoms with van der Waals surface area (Å²) in [7, 11) is 0. The van der Waals surface area contributed by atoms with Crippen molar-refractivity contribution in [1.29, 1.82) is 0 Å². The summed E-state index contributed by atoms with van der Waals surface area (Å²) in [5.41, 5.74) is 0. The lowest BCUT2D eigenvalue weighted by Gasteiger charge is -2.46. The molecule has 0 aromatic heterocycles. The van der Waals surface area contributed by atoms with Gasteiger partial charge in [-0.3, -0.25) is 0 Å². The molecule has 0 aromatic rings. The van der Waals surface area contributed by atoms with E-state index < -0.39 is 0 Å². The maximum absolute atomic E-state index is 2.73. The van der Waals surface area contributed by atoms with Gasteiger partial charge in [-0.2, -0.15) is 0 Å². The van der Waals surface area contributed by atoms with E-state index in [1.807, 2.05) is 0 Å². The predicted octanol–water partition coefficient (Wildman–Crippen LogP) is 8.15. The van der Waals surface area contributed by atoms with Gasteiger partial charge in [0.1, 0.15) is 0 Å². The standard InChI is InChI=1S/C29H46/c1-18-9-11-20(3)28-23(13-14-24(18)28)17-22-7-5-6-8-26(22)27-16-15-25-19(2)10-12-21(4)29(25)27/h13-16,18-29H,5-12,17H2,1-4H3. The van der Waals surface area contributed by atoms with Crippen LogP contribution in [-0.4, -0.2) is 0 Å². The zero-order valence-corrected chi connectivity index (χ0v) is 19.6. The third-order valence-corrected chi connectivity index (χ3v) is 10.8. The third-order valence-electron chi connectivity index (χ3n) is 10.8. The second kappa shape index (κ2) is 8.20. The first-order valence-corrected chi connectivity index (χ1v) is 13.4. The largest absolute Gasteiger partial charge is 0.0848 e. The minimum atomic E-state index is 0.882. The smallest absolute Gasteiger partial charge is 0.0166 e. The Labute approximate surface area is 181 Å². The van der Waals surface area contributed by atoms with Crippen molar-refractivity contribution in [1.82, 2.24) is 0 Å². The molecule has 12 unspecified atom stereocenters.